The van der Waals surface area contributed by atoms with Crippen LogP contribution >= 0.6 is 0 Å². The van der Waals surface area contributed by atoms with Gasteiger partial charge in [0.2, 0.25) is 0 Å². The van der Waals surface area contributed by atoms with Gasteiger partial charge in [0.15, 0.2) is 0 Å². The average Bonchev–Trinajstić information content (AvgIpc) is 1.39. The van der Waals surface area contributed by atoms with Crippen molar-refractivity contribution in [2.24, 2.45) is 0 Å². The van der Waals surface area contributed by atoms with E-state index in [9.17, 15) is 0 Å². The Morgan fingerprint density at radius 1 is 1.00 bits per heavy atom. The van der Waals surface area contributed by atoms with Gasteiger partial charge in [-0.05, 0) is 0 Å². The number of carbonyl (C=O) groups is 2. The maximum absolute atomic E-state index is 8.36. The molecule has 0 spiro atoms. The van der Waals surface area contributed by atoms with Gasteiger partial charge in [0.25, 0.3) is 12.9 Å². The zero-order valence-corrected chi connectivity index (χ0v) is 4.67. The van der Waals surface area contributed by atoms with Crippen LogP contribution in [0.1, 0.15) is 0 Å². The van der Waals surface area contributed by atoms with Crippen LogP contribution in [-0.4, -0.2) is 28.6 Å². The first-order chi connectivity index (χ1) is 2.83. The summed E-state index contributed by atoms with van der Waals surface area (Å²) in [6.45, 7) is -0.500. The molecule has 0 heterocycles. The van der Waals surface area contributed by atoms with Gasteiger partial charge in [0, 0.05) is 16.5 Å². The summed E-state index contributed by atoms with van der Waals surface area (Å²) in [5.41, 5.74) is 0. The number of hydrogen-bond acceptors (Lipinski definition) is 2. The molecule has 0 saturated heterocycles. The van der Waals surface area contributed by atoms with Crippen molar-refractivity contribution in [1.29, 1.82) is 0 Å². The third-order valence-corrected chi connectivity index (χ3v) is 0. The Morgan fingerprint density at radius 2 is 1.00 bits per heavy atom. The molecule has 0 saturated carbocycles. The molecule has 0 amide bonds. The van der Waals surface area contributed by atoms with Crippen molar-refractivity contribution < 1.29 is 41.8 Å². The van der Waals surface area contributed by atoms with E-state index in [-0.39, 0.29) is 34.9 Å². The number of hydrogen-bond donors (Lipinski definition) is 2. The molecule has 0 atom stereocenters. The number of carboxylic acid groups (broad SMARTS) is 2. The van der Waals surface area contributed by atoms with Crippen LogP contribution in [0.4, 0.5) is 0 Å². The normalized spacial score (nSPS) is 3.00. The second kappa shape index (κ2) is 95.8. The van der Waals surface area contributed by atoms with Gasteiger partial charge in [-0.1, -0.05) is 0 Å². The van der Waals surface area contributed by atoms with Crippen LogP contribution in [-0.2, 0) is 26.1 Å². The minimum atomic E-state index is -0.250. The van der Waals surface area contributed by atoms with Gasteiger partial charge in [-0.3, -0.25) is 9.59 Å². The molecule has 0 aliphatic heterocycles. The Kier molecular flexibility index (Phi) is 314. The van der Waals surface area contributed by atoms with Crippen LogP contribution < -0.4 is 0 Å². The molecular weight excluding hydrogens is 163 g/mol. The fourth-order valence-electron chi connectivity index (χ4n) is 0. The maximum atomic E-state index is 8.36. The monoisotopic (exact) mass is 168 g/mol. The van der Waals surface area contributed by atoms with E-state index in [4.69, 9.17) is 19.8 Å². The summed E-state index contributed by atoms with van der Waals surface area (Å²) in [5.74, 6) is 0. The molecule has 0 fully saturated rings. The summed E-state index contributed by atoms with van der Waals surface area (Å²) in [7, 11) is 0. The first kappa shape index (κ1) is 26.2. The smallest absolute Gasteiger partial charge is 0.290 e. The van der Waals surface area contributed by atoms with Crippen molar-refractivity contribution in [1.82, 2.24) is 0 Å². The summed E-state index contributed by atoms with van der Waals surface area (Å²) in [5, 5.41) is 13.8. The van der Waals surface area contributed by atoms with E-state index in [1.165, 1.54) is 0 Å². The van der Waals surface area contributed by atoms with Crippen LogP contribution in [0.25, 0.3) is 0 Å². The topological polar surface area (TPSA) is 106 Å². The summed E-state index contributed by atoms with van der Waals surface area (Å²) >= 11 is 0. The van der Waals surface area contributed by atoms with Crippen molar-refractivity contribution >= 4 is 12.9 Å². The molecule has 54 valence electrons. The fraction of sp³-hybridized carbons (Fsp3) is 0. The summed E-state index contributed by atoms with van der Waals surface area (Å²) < 4.78 is 0. The molecule has 5 nitrogen and oxygen atoms in total. The summed E-state index contributed by atoms with van der Waals surface area (Å²) in [4.78, 5) is 16.7. The predicted molar refractivity (Wildman–Crippen MR) is 21.0 cm³/mol. The fourth-order valence-corrected chi connectivity index (χ4v) is 0. The van der Waals surface area contributed by atoms with Crippen molar-refractivity contribution in [3.8, 4) is 0 Å². The minimum absolute atomic E-state index is 0. The molecule has 0 bridgehead atoms. The molecule has 0 aliphatic rings. The Morgan fingerprint density at radius 3 is 1.00 bits per heavy atom. The zero-order chi connectivity index (χ0) is 5.41. The molecule has 8 heavy (non-hydrogen) atoms. The van der Waals surface area contributed by atoms with Crippen LogP contribution in [0.15, 0.2) is 0 Å². The Labute approximate surface area is 55.5 Å². The molecule has 0 aliphatic carbocycles. The predicted octanol–water partition coefficient (Wildman–Crippen LogP) is -1.43. The van der Waals surface area contributed by atoms with E-state index < -0.39 is 0 Å². The summed E-state index contributed by atoms with van der Waals surface area (Å²) in [6, 6.07) is 0. The third-order valence-electron chi connectivity index (χ3n) is 0. The summed E-state index contributed by atoms with van der Waals surface area (Å²) in [6.07, 6.45) is 0. The molecule has 0 radical (unpaired) electrons. The van der Waals surface area contributed by atoms with Gasteiger partial charge in [-0.2, -0.15) is 0 Å². The second-order valence-electron chi connectivity index (χ2n) is 0.211. The van der Waals surface area contributed by atoms with Crippen molar-refractivity contribution in [3.05, 3.63) is 0 Å². The van der Waals surface area contributed by atoms with Gasteiger partial charge in [0.05, 0.1) is 0 Å². The Hall–Kier alpha value is -0.606. The van der Waals surface area contributed by atoms with Gasteiger partial charge in [-0.15, -0.1) is 0 Å². The van der Waals surface area contributed by atoms with E-state index in [0.29, 0.717) is 0 Å². The molecule has 4 N–H and O–H groups in total. The zero-order valence-electron chi connectivity index (χ0n) is 3.68. The SMILES string of the molecule is O.O=CO.O=CO.[Ni]. The van der Waals surface area contributed by atoms with E-state index in [1.807, 2.05) is 0 Å². The molecule has 0 aromatic rings. The minimum Gasteiger partial charge on any atom is -0.483 e. The standard InChI is InChI=1S/2CH2O2.Ni.H2O/c2*2-1-3;;/h2*1H,(H,2,3);;1H2. The third kappa shape index (κ3) is 283. The molecule has 0 unspecified atom stereocenters. The van der Waals surface area contributed by atoms with Crippen molar-refractivity contribution in [2.45, 2.75) is 0 Å². The molecule has 0 aromatic carbocycles. The van der Waals surface area contributed by atoms with E-state index >= 15 is 0 Å². The van der Waals surface area contributed by atoms with Gasteiger partial charge in [0.1, 0.15) is 0 Å². The number of rotatable bonds is 0. The van der Waals surface area contributed by atoms with Crippen LogP contribution in [0.2, 0.25) is 0 Å². The largest absolute Gasteiger partial charge is 0.483 e. The van der Waals surface area contributed by atoms with Gasteiger partial charge >= 0.3 is 0 Å². The average molecular weight is 169 g/mol. The van der Waals surface area contributed by atoms with Crippen LogP contribution in [0.3, 0.4) is 0 Å². The van der Waals surface area contributed by atoms with E-state index in [2.05, 4.69) is 0 Å². The van der Waals surface area contributed by atoms with E-state index in [0.717, 1.165) is 0 Å². The quantitative estimate of drug-likeness (QED) is 0.342. The molecule has 0 aromatic heterocycles. The van der Waals surface area contributed by atoms with Crippen molar-refractivity contribution in [2.75, 3.05) is 0 Å². The molecule has 6 heteroatoms. The van der Waals surface area contributed by atoms with Crippen molar-refractivity contribution in [3.63, 3.8) is 0 Å². The Balaban J connectivity index is -0.0000000160. The van der Waals surface area contributed by atoms with Gasteiger partial charge < -0.3 is 15.7 Å². The molecule has 0 rings (SSSR count). The van der Waals surface area contributed by atoms with Gasteiger partial charge in [-0.25, -0.2) is 0 Å². The maximum Gasteiger partial charge on any atom is 0.290 e. The Bertz CT molecular complexity index is 31.4. The molecular formula is C2H6NiO5. The van der Waals surface area contributed by atoms with E-state index in [1.54, 1.807) is 0 Å². The first-order valence-corrected chi connectivity index (χ1v) is 0.988. The van der Waals surface area contributed by atoms with Crippen LogP contribution in [0.5, 0.6) is 0 Å². The second-order valence-corrected chi connectivity index (χ2v) is 0.211. The first-order valence-electron chi connectivity index (χ1n) is 0.988. The van der Waals surface area contributed by atoms with Crippen LogP contribution in [0, 0.1) is 0 Å².